The summed E-state index contributed by atoms with van der Waals surface area (Å²) in [5.74, 6) is -0.235. The number of halogens is 1. The summed E-state index contributed by atoms with van der Waals surface area (Å²) in [4.78, 5) is 11.9. The SMILES string of the molecule is Cc1ccccc1C(=O)N/N=C/c1ccccc1Cl. The number of nitrogens with one attached hydrogen (secondary N) is 1. The lowest BCUT2D eigenvalue weighted by molar-refractivity contribution is 0.0954. The molecule has 96 valence electrons. The molecule has 0 bridgehead atoms. The molecule has 0 atom stereocenters. The topological polar surface area (TPSA) is 41.5 Å². The van der Waals surface area contributed by atoms with Crippen molar-refractivity contribution in [2.45, 2.75) is 6.92 Å². The Morgan fingerprint density at radius 2 is 1.84 bits per heavy atom. The zero-order valence-electron chi connectivity index (χ0n) is 10.4. The Morgan fingerprint density at radius 3 is 2.58 bits per heavy atom. The molecule has 1 amide bonds. The number of benzene rings is 2. The lowest BCUT2D eigenvalue weighted by Crippen LogP contribution is -2.18. The molecule has 1 N–H and O–H groups in total. The van der Waals surface area contributed by atoms with Gasteiger partial charge in [0.15, 0.2) is 0 Å². The van der Waals surface area contributed by atoms with E-state index in [1.807, 2.05) is 43.3 Å². The molecule has 2 aromatic rings. The van der Waals surface area contributed by atoms with Gasteiger partial charge in [-0.3, -0.25) is 4.79 Å². The molecule has 0 aromatic heterocycles. The van der Waals surface area contributed by atoms with E-state index in [-0.39, 0.29) is 5.91 Å². The van der Waals surface area contributed by atoms with Crippen molar-refractivity contribution in [3.63, 3.8) is 0 Å². The van der Waals surface area contributed by atoms with Gasteiger partial charge in [0.05, 0.1) is 6.21 Å². The molecule has 0 aliphatic heterocycles. The van der Waals surface area contributed by atoms with Crippen LogP contribution in [0.25, 0.3) is 0 Å². The second kappa shape index (κ2) is 6.16. The van der Waals surface area contributed by atoms with Gasteiger partial charge in [-0.2, -0.15) is 5.10 Å². The summed E-state index contributed by atoms with van der Waals surface area (Å²) in [7, 11) is 0. The third-order valence-corrected chi connectivity index (χ3v) is 3.01. The van der Waals surface area contributed by atoms with Crippen molar-refractivity contribution in [2.75, 3.05) is 0 Å². The largest absolute Gasteiger partial charge is 0.271 e. The van der Waals surface area contributed by atoms with Gasteiger partial charge in [-0.05, 0) is 24.6 Å². The van der Waals surface area contributed by atoms with E-state index in [9.17, 15) is 4.79 Å². The van der Waals surface area contributed by atoms with Gasteiger partial charge in [-0.15, -0.1) is 0 Å². The van der Waals surface area contributed by atoms with Crippen LogP contribution in [0.3, 0.4) is 0 Å². The van der Waals surface area contributed by atoms with Crippen LogP contribution in [-0.4, -0.2) is 12.1 Å². The summed E-state index contributed by atoms with van der Waals surface area (Å²) in [6, 6.07) is 14.6. The first-order valence-electron chi connectivity index (χ1n) is 5.82. The van der Waals surface area contributed by atoms with E-state index in [2.05, 4.69) is 10.5 Å². The Balaban J connectivity index is 2.06. The Kier molecular flexibility index (Phi) is 4.31. The highest BCUT2D eigenvalue weighted by atomic mass is 35.5. The molecular formula is C15H13ClN2O. The molecule has 0 saturated heterocycles. The molecule has 0 aliphatic rings. The fourth-order valence-corrected chi connectivity index (χ4v) is 1.81. The highest BCUT2D eigenvalue weighted by Gasteiger charge is 2.06. The number of hydrazone groups is 1. The predicted molar refractivity (Wildman–Crippen MR) is 77.7 cm³/mol. The minimum Gasteiger partial charge on any atom is -0.267 e. The second-order valence-electron chi connectivity index (χ2n) is 4.04. The molecule has 0 aliphatic carbocycles. The molecule has 0 spiro atoms. The maximum absolute atomic E-state index is 11.9. The monoisotopic (exact) mass is 272 g/mol. The van der Waals surface area contributed by atoms with Crippen LogP contribution < -0.4 is 5.43 Å². The van der Waals surface area contributed by atoms with Gasteiger partial charge in [0.25, 0.3) is 5.91 Å². The highest BCUT2D eigenvalue weighted by molar-refractivity contribution is 6.33. The van der Waals surface area contributed by atoms with E-state index in [1.165, 1.54) is 6.21 Å². The van der Waals surface area contributed by atoms with Crippen molar-refractivity contribution < 1.29 is 4.79 Å². The number of hydrogen-bond donors (Lipinski definition) is 1. The fraction of sp³-hybridized carbons (Fsp3) is 0.0667. The highest BCUT2D eigenvalue weighted by Crippen LogP contribution is 2.12. The number of amides is 1. The molecule has 2 rings (SSSR count). The lowest BCUT2D eigenvalue weighted by atomic mass is 10.1. The molecular weight excluding hydrogens is 260 g/mol. The van der Waals surface area contributed by atoms with Crippen LogP contribution in [0.5, 0.6) is 0 Å². The van der Waals surface area contributed by atoms with Crippen molar-refractivity contribution in [3.05, 3.63) is 70.2 Å². The molecule has 0 fully saturated rings. The van der Waals surface area contributed by atoms with E-state index in [0.717, 1.165) is 11.1 Å². The van der Waals surface area contributed by atoms with Crippen molar-refractivity contribution in [1.29, 1.82) is 0 Å². The molecule has 0 heterocycles. The van der Waals surface area contributed by atoms with Gasteiger partial charge in [-0.25, -0.2) is 5.43 Å². The number of nitrogens with zero attached hydrogens (tertiary/aromatic N) is 1. The van der Waals surface area contributed by atoms with E-state index in [0.29, 0.717) is 10.6 Å². The summed E-state index contributed by atoms with van der Waals surface area (Å²) in [5.41, 5.74) is 4.77. The summed E-state index contributed by atoms with van der Waals surface area (Å²) in [6.07, 6.45) is 1.53. The van der Waals surface area contributed by atoms with E-state index >= 15 is 0 Å². The lowest BCUT2D eigenvalue weighted by Gasteiger charge is -2.03. The average molecular weight is 273 g/mol. The maximum Gasteiger partial charge on any atom is 0.271 e. The number of carbonyl (C=O) groups excluding carboxylic acids is 1. The number of aryl methyl sites for hydroxylation is 1. The number of carbonyl (C=O) groups is 1. The van der Waals surface area contributed by atoms with Gasteiger partial charge >= 0.3 is 0 Å². The van der Waals surface area contributed by atoms with Crippen molar-refractivity contribution in [2.24, 2.45) is 5.10 Å². The summed E-state index contributed by atoms with van der Waals surface area (Å²) >= 11 is 5.98. The van der Waals surface area contributed by atoms with Gasteiger partial charge in [0.2, 0.25) is 0 Å². The number of rotatable bonds is 3. The number of hydrogen-bond acceptors (Lipinski definition) is 2. The standard InChI is InChI=1S/C15H13ClN2O/c1-11-6-2-4-8-13(11)15(19)18-17-10-12-7-3-5-9-14(12)16/h2-10H,1H3,(H,18,19)/b17-10+. The maximum atomic E-state index is 11.9. The predicted octanol–water partition coefficient (Wildman–Crippen LogP) is 3.41. The van der Waals surface area contributed by atoms with Crippen LogP contribution in [0, 0.1) is 6.92 Å². The van der Waals surface area contributed by atoms with Crippen molar-refractivity contribution >= 4 is 23.7 Å². The first kappa shape index (κ1) is 13.3. The van der Waals surface area contributed by atoms with Crippen LogP contribution in [0.1, 0.15) is 21.5 Å². The Morgan fingerprint density at radius 1 is 1.16 bits per heavy atom. The Bertz CT molecular complexity index is 623. The molecule has 2 aromatic carbocycles. The van der Waals surface area contributed by atoms with Gasteiger partial charge in [0.1, 0.15) is 0 Å². The quantitative estimate of drug-likeness (QED) is 0.675. The van der Waals surface area contributed by atoms with Crippen LogP contribution >= 0.6 is 11.6 Å². The molecule has 0 saturated carbocycles. The zero-order valence-corrected chi connectivity index (χ0v) is 11.2. The summed E-state index contributed by atoms with van der Waals surface area (Å²) < 4.78 is 0. The zero-order chi connectivity index (χ0) is 13.7. The van der Waals surface area contributed by atoms with E-state index in [4.69, 9.17) is 11.6 Å². The van der Waals surface area contributed by atoms with Crippen LogP contribution in [0.2, 0.25) is 5.02 Å². The van der Waals surface area contributed by atoms with Crippen molar-refractivity contribution in [1.82, 2.24) is 5.43 Å². The smallest absolute Gasteiger partial charge is 0.267 e. The van der Waals surface area contributed by atoms with Crippen LogP contribution in [0.4, 0.5) is 0 Å². The summed E-state index contributed by atoms with van der Waals surface area (Å²) in [5, 5.41) is 4.50. The summed E-state index contributed by atoms with van der Waals surface area (Å²) in [6.45, 7) is 1.88. The molecule has 19 heavy (non-hydrogen) atoms. The molecule has 0 unspecified atom stereocenters. The van der Waals surface area contributed by atoms with Gasteiger partial charge in [-0.1, -0.05) is 48.0 Å². The molecule has 3 nitrogen and oxygen atoms in total. The first-order valence-corrected chi connectivity index (χ1v) is 6.20. The molecule has 0 radical (unpaired) electrons. The van der Waals surface area contributed by atoms with Crippen LogP contribution in [0.15, 0.2) is 53.6 Å². The Hall–Kier alpha value is -2.13. The minimum atomic E-state index is -0.235. The van der Waals surface area contributed by atoms with E-state index in [1.54, 1.807) is 12.1 Å². The molecule has 4 heteroatoms. The van der Waals surface area contributed by atoms with E-state index < -0.39 is 0 Å². The van der Waals surface area contributed by atoms with Crippen molar-refractivity contribution in [3.8, 4) is 0 Å². The average Bonchev–Trinajstić information content (AvgIpc) is 2.41. The first-order chi connectivity index (χ1) is 9.18. The minimum absolute atomic E-state index is 0.235. The van der Waals surface area contributed by atoms with Gasteiger partial charge < -0.3 is 0 Å². The van der Waals surface area contributed by atoms with Crippen LogP contribution in [-0.2, 0) is 0 Å². The van der Waals surface area contributed by atoms with Gasteiger partial charge in [0, 0.05) is 16.1 Å². The third-order valence-electron chi connectivity index (χ3n) is 2.66. The Labute approximate surface area is 116 Å². The third kappa shape index (κ3) is 3.42. The fourth-order valence-electron chi connectivity index (χ4n) is 1.63. The second-order valence-corrected chi connectivity index (χ2v) is 4.44. The normalized spacial score (nSPS) is 10.6.